The molecule has 1 aliphatic heterocycles. The summed E-state index contributed by atoms with van der Waals surface area (Å²) in [5.41, 5.74) is 0. The van der Waals surface area contributed by atoms with Crippen molar-refractivity contribution in [1.82, 2.24) is 4.90 Å². The standard InChI is InChI=1S/C8H12N2O2/c1-6(5-9)10-4-2-3-7(10)8(11)12/h6-7H,2-4H2,1H3,(H,11,12). The van der Waals surface area contributed by atoms with Crippen LogP contribution < -0.4 is 0 Å². The minimum atomic E-state index is -0.811. The molecular formula is C8H12N2O2. The van der Waals surface area contributed by atoms with Crippen molar-refractivity contribution >= 4 is 5.97 Å². The zero-order chi connectivity index (χ0) is 9.14. The van der Waals surface area contributed by atoms with Crippen molar-refractivity contribution in [2.24, 2.45) is 0 Å². The van der Waals surface area contributed by atoms with Crippen LogP contribution in [0.5, 0.6) is 0 Å². The third kappa shape index (κ3) is 1.56. The van der Waals surface area contributed by atoms with Crippen molar-refractivity contribution in [2.45, 2.75) is 31.8 Å². The van der Waals surface area contributed by atoms with Crippen molar-refractivity contribution < 1.29 is 9.90 Å². The number of carbonyl (C=O) groups is 1. The number of nitriles is 1. The average molecular weight is 168 g/mol. The fourth-order valence-electron chi connectivity index (χ4n) is 1.59. The minimum Gasteiger partial charge on any atom is -0.480 e. The lowest BCUT2D eigenvalue weighted by Crippen LogP contribution is -2.41. The third-order valence-corrected chi connectivity index (χ3v) is 2.26. The summed E-state index contributed by atoms with van der Waals surface area (Å²) in [6.45, 7) is 2.47. The highest BCUT2D eigenvalue weighted by molar-refractivity contribution is 5.73. The van der Waals surface area contributed by atoms with E-state index in [4.69, 9.17) is 10.4 Å². The number of hydrogen-bond acceptors (Lipinski definition) is 3. The summed E-state index contributed by atoms with van der Waals surface area (Å²) >= 11 is 0. The quantitative estimate of drug-likeness (QED) is 0.650. The first-order valence-electron chi connectivity index (χ1n) is 4.05. The fourth-order valence-corrected chi connectivity index (χ4v) is 1.59. The first-order valence-corrected chi connectivity index (χ1v) is 4.05. The van der Waals surface area contributed by atoms with Crippen molar-refractivity contribution in [3.63, 3.8) is 0 Å². The van der Waals surface area contributed by atoms with Crippen LogP contribution in [0.1, 0.15) is 19.8 Å². The van der Waals surface area contributed by atoms with Crippen molar-refractivity contribution in [3.8, 4) is 6.07 Å². The van der Waals surface area contributed by atoms with Gasteiger partial charge in [0.05, 0.1) is 12.1 Å². The number of aliphatic carboxylic acids is 1. The van der Waals surface area contributed by atoms with E-state index in [1.165, 1.54) is 0 Å². The zero-order valence-corrected chi connectivity index (χ0v) is 7.03. The molecule has 0 aromatic rings. The monoisotopic (exact) mass is 168 g/mol. The van der Waals surface area contributed by atoms with Gasteiger partial charge in [0.1, 0.15) is 6.04 Å². The van der Waals surface area contributed by atoms with E-state index in [9.17, 15) is 4.79 Å². The van der Waals surface area contributed by atoms with Gasteiger partial charge < -0.3 is 5.11 Å². The Kier molecular flexibility index (Phi) is 2.66. The molecule has 1 rings (SSSR count). The van der Waals surface area contributed by atoms with Crippen LogP contribution in [0.4, 0.5) is 0 Å². The average Bonchev–Trinajstić information content (AvgIpc) is 2.50. The highest BCUT2D eigenvalue weighted by Crippen LogP contribution is 2.19. The number of carboxylic acid groups (broad SMARTS) is 1. The van der Waals surface area contributed by atoms with Crippen LogP contribution in [-0.2, 0) is 4.79 Å². The molecule has 0 aliphatic carbocycles. The van der Waals surface area contributed by atoms with Gasteiger partial charge in [0.2, 0.25) is 0 Å². The predicted molar refractivity (Wildman–Crippen MR) is 42.4 cm³/mol. The van der Waals surface area contributed by atoms with Gasteiger partial charge in [-0.15, -0.1) is 0 Å². The molecule has 12 heavy (non-hydrogen) atoms. The molecule has 0 radical (unpaired) electrons. The maximum atomic E-state index is 10.7. The first kappa shape index (κ1) is 9.01. The van der Waals surface area contributed by atoms with Gasteiger partial charge in [0.25, 0.3) is 0 Å². The second-order valence-corrected chi connectivity index (χ2v) is 3.04. The molecule has 1 heterocycles. The lowest BCUT2D eigenvalue weighted by Gasteiger charge is -2.22. The van der Waals surface area contributed by atoms with E-state index in [0.717, 1.165) is 13.0 Å². The van der Waals surface area contributed by atoms with Crippen LogP contribution in [0.2, 0.25) is 0 Å². The molecule has 1 fully saturated rings. The minimum absolute atomic E-state index is 0.284. The predicted octanol–water partition coefficient (Wildman–Crippen LogP) is 0.447. The summed E-state index contributed by atoms with van der Waals surface area (Å²) < 4.78 is 0. The Morgan fingerprint density at radius 3 is 3.00 bits per heavy atom. The van der Waals surface area contributed by atoms with E-state index in [0.29, 0.717) is 6.42 Å². The van der Waals surface area contributed by atoms with Crippen LogP contribution >= 0.6 is 0 Å². The van der Waals surface area contributed by atoms with Gasteiger partial charge >= 0.3 is 5.97 Å². The normalized spacial score (nSPS) is 26.5. The van der Waals surface area contributed by atoms with E-state index in [-0.39, 0.29) is 6.04 Å². The highest BCUT2D eigenvalue weighted by atomic mass is 16.4. The van der Waals surface area contributed by atoms with Crippen LogP contribution in [0.3, 0.4) is 0 Å². The molecule has 2 atom stereocenters. The third-order valence-electron chi connectivity index (χ3n) is 2.26. The van der Waals surface area contributed by atoms with E-state index in [2.05, 4.69) is 6.07 Å². The zero-order valence-electron chi connectivity index (χ0n) is 7.03. The summed E-state index contributed by atoms with van der Waals surface area (Å²) in [5.74, 6) is -0.811. The van der Waals surface area contributed by atoms with E-state index in [1.54, 1.807) is 11.8 Å². The summed E-state index contributed by atoms with van der Waals surface area (Å²) in [6.07, 6.45) is 1.55. The second kappa shape index (κ2) is 3.55. The summed E-state index contributed by atoms with van der Waals surface area (Å²) in [6, 6.07) is 1.33. The smallest absolute Gasteiger partial charge is 0.320 e. The van der Waals surface area contributed by atoms with Gasteiger partial charge in [0, 0.05) is 6.54 Å². The molecule has 2 unspecified atom stereocenters. The van der Waals surface area contributed by atoms with E-state index < -0.39 is 12.0 Å². The van der Waals surface area contributed by atoms with Crippen molar-refractivity contribution in [2.75, 3.05) is 6.54 Å². The number of nitrogens with zero attached hydrogens (tertiary/aromatic N) is 2. The summed E-state index contributed by atoms with van der Waals surface area (Å²) in [7, 11) is 0. The Morgan fingerprint density at radius 2 is 2.50 bits per heavy atom. The Labute approximate surface area is 71.4 Å². The molecule has 1 saturated heterocycles. The van der Waals surface area contributed by atoms with Crippen LogP contribution in [-0.4, -0.2) is 34.6 Å². The van der Waals surface area contributed by atoms with Gasteiger partial charge in [-0.2, -0.15) is 5.26 Å². The molecule has 1 aliphatic rings. The van der Waals surface area contributed by atoms with Crippen LogP contribution in [0.15, 0.2) is 0 Å². The Balaban J connectivity index is 2.65. The summed E-state index contributed by atoms with van der Waals surface area (Å²) in [4.78, 5) is 12.4. The number of hydrogen-bond donors (Lipinski definition) is 1. The molecule has 0 spiro atoms. The number of rotatable bonds is 2. The molecule has 0 bridgehead atoms. The molecule has 0 amide bonds. The van der Waals surface area contributed by atoms with Gasteiger partial charge in [0.15, 0.2) is 0 Å². The molecule has 0 saturated carbocycles. The van der Waals surface area contributed by atoms with Crippen LogP contribution in [0, 0.1) is 11.3 Å². The number of likely N-dealkylation sites (tertiary alicyclic amines) is 1. The SMILES string of the molecule is CC(C#N)N1CCCC1C(=O)O. The first-order chi connectivity index (χ1) is 5.66. The van der Waals surface area contributed by atoms with Crippen LogP contribution in [0.25, 0.3) is 0 Å². The molecule has 4 heteroatoms. The molecule has 0 aromatic carbocycles. The maximum absolute atomic E-state index is 10.7. The lowest BCUT2D eigenvalue weighted by atomic mass is 10.2. The Bertz CT molecular complexity index is 222. The lowest BCUT2D eigenvalue weighted by molar-refractivity contribution is -0.142. The van der Waals surface area contributed by atoms with Gasteiger partial charge in [-0.05, 0) is 19.8 Å². The van der Waals surface area contributed by atoms with E-state index >= 15 is 0 Å². The van der Waals surface area contributed by atoms with Crippen molar-refractivity contribution in [1.29, 1.82) is 5.26 Å². The Morgan fingerprint density at radius 1 is 1.83 bits per heavy atom. The van der Waals surface area contributed by atoms with E-state index in [1.807, 2.05) is 0 Å². The molecular weight excluding hydrogens is 156 g/mol. The highest BCUT2D eigenvalue weighted by Gasteiger charge is 2.33. The Hall–Kier alpha value is -1.08. The summed E-state index contributed by atoms with van der Waals surface area (Å²) in [5, 5.41) is 17.4. The van der Waals surface area contributed by atoms with Crippen molar-refractivity contribution in [3.05, 3.63) is 0 Å². The topological polar surface area (TPSA) is 64.3 Å². The van der Waals surface area contributed by atoms with Gasteiger partial charge in [-0.3, -0.25) is 9.69 Å². The molecule has 4 nitrogen and oxygen atoms in total. The largest absolute Gasteiger partial charge is 0.480 e. The van der Waals surface area contributed by atoms with Gasteiger partial charge in [-0.1, -0.05) is 0 Å². The second-order valence-electron chi connectivity index (χ2n) is 3.04. The number of carboxylic acids is 1. The molecule has 0 aromatic heterocycles. The van der Waals surface area contributed by atoms with Gasteiger partial charge in [-0.25, -0.2) is 0 Å². The molecule has 1 N–H and O–H groups in total. The maximum Gasteiger partial charge on any atom is 0.320 e. The fraction of sp³-hybridized carbons (Fsp3) is 0.750. The molecule has 66 valence electrons.